The van der Waals surface area contributed by atoms with E-state index in [0.29, 0.717) is 0 Å². The van der Waals surface area contributed by atoms with Crippen LogP contribution in [0.1, 0.15) is 96.7 Å². The summed E-state index contributed by atoms with van der Waals surface area (Å²) in [5.41, 5.74) is -0.105. The number of esters is 10. The number of aliphatic hydroxyl groups is 1. The minimum atomic E-state index is -2.32. The van der Waals surface area contributed by atoms with Gasteiger partial charge >= 0.3 is 59.7 Å². The van der Waals surface area contributed by atoms with Crippen LogP contribution >= 0.6 is 0 Å². The average molecular weight is 1420 g/mol. The standard InChI is InChI=1S/C78H68O26/c1-46(79)93-59-56(45-92-77-66(102-74(87)54-39-23-9-24-40-54)63(100-72(85)52-35-19-7-20-36-52)60(98-70(83)50-31-15-5-16-32-50)57(96-77)43-90-68(81)48-27-11-3-12-28-48)95-76(89)65(94-47(2)80)62(59)104-78-67(103-75(88)55-41-25-10-26-42-55)64(101-73(86)53-37-21-8-22-38-53)61(99-71(84)51-33-17-6-18-34-51)58(97-78)44-91-69(82)49-29-13-4-14-30-49/h3-42,56-67,76-78,89H,43-45H2,1-2H3/t56-,57-,58-,59-,60-,61-,62+,63+,64+,65-,66+,67+,76+,77+,78-/m1/s1. The van der Waals surface area contributed by atoms with Crippen LogP contribution in [0.3, 0.4) is 0 Å². The van der Waals surface area contributed by atoms with E-state index in [-0.39, 0.29) is 44.5 Å². The van der Waals surface area contributed by atoms with E-state index in [1.807, 2.05) is 0 Å². The first-order valence-electron chi connectivity index (χ1n) is 32.7. The summed E-state index contributed by atoms with van der Waals surface area (Å²) < 4.78 is 93.6. The molecule has 3 saturated heterocycles. The molecule has 104 heavy (non-hydrogen) atoms. The molecule has 3 fully saturated rings. The van der Waals surface area contributed by atoms with Crippen LogP contribution in [0, 0.1) is 0 Å². The lowest BCUT2D eigenvalue weighted by molar-refractivity contribution is -0.361. The number of hydrogen-bond acceptors (Lipinski definition) is 26. The number of rotatable bonds is 25. The number of benzene rings is 8. The average Bonchev–Trinajstić information content (AvgIpc) is 0.764. The van der Waals surface area contributed by atoms with Crippen LogP contribution < -0.4 is 0 Å². The second-order valence-corrected chi connectivity index (χ2v) is 23.6. The fraction of sp³-hybridized carbons (Fsp3) is 0.256. The van der Waals surface area contributed by atoms with Gasteiger partial charge in [0.2, 0.25) is 0 Å². The first-order chi connectivity index (χ1) is 50.5. The first kappa shape index (κ1) is 73.4. The molecule has 0 aromatic heterocycles. The summed E-state index contributed by atoms with van der Waals surface area (Å²) in [4.78, 5) is 142. The summed E-state index contributed by atoms with van der Waals surface area (Å²) in [6.07, 6.45) is -30.0. The topological polar surface area (TPSA) is 329 Å². The Morgan fingerprint density at radius 3 is 0.817 bits per heavy atom. The predicted molar refractivity (Wildman–Crippen MR) is 357 cm³/mol. The molecular weight excluding hydrogens is 1350 g/mol. The van der Waals surface area contributed by atoms with E-state index in [0.717, 1.165) is 13.8 Å². The minimum Gasteiger partial charge on any atom is -0.459 e. The van der Waals surface area contributed by atoms with Crippen LogP contribution in [0.15, 0.2) is 243 Å². The fourth-order valence-electron chi connectivity index (χ4n) is 11.5. The summed E-state index contributed by atoms with van der Waals surface area (Å²) in [6.45, 7) is -0.673. The second kappa shape index (κ2) is 35.2. The second-order valence-electron chi connectivity index (χ2n) is 23.6. The van der Waals surface area contributed by atoms with Gasteiger partial charge in [0.1, 0.15) is 37.6 Å². The van der Waals surface area contributed by atoms with E-state index in [9.17, 15) is 53.1 Å². The molecule has 3 aliphatic heterocycles. The molecule has 0 bridgehead atoms. The molecule has 0 amide bonds. The van der Waals surface area contributed by atoms with E-state index >= 15 is 0 Å². The molecule has 0 aliphatic carbocycles. The Morgan fingerprint density at radius 2 is 0.510 bits per heavy atom. The lowest BCUT2D eigenvalue weighted by Gasteiger charge is -2.48. The molecule has 15 atom stereocenters. The maximum Gasteiger partial charge on any atom is 0.338 e. The third-order valence-electron chi connectivity index (χ3n) is 16.4. The summed E-state index contributed by atoms with van der Waals surface area (Å²) >= 11 is 0. The molecule has 536 valence electrons. The lowest BCUT2D eigenvalue weighted by atomic mass is 9.95. The maximum atomic E-state index is 14.7. The van der Waals surface area contributed by atoms with Crippen molar-refractivity contribution in [3.8, 4) is 0 Å². The van der Waals surface area contributed by atoms with Crippen molar-refractivity contribution in [2.24, 2.45) is 0 Å². The van der Waals surface area contributed by atoms with Gasteiger partial charge in [-0.3, -0.25) is 9.59 Å². The molecule has 3 heterocycles. The highest BCUT2D eigenvalue weighted by Crippen LogP contribution is 2.38. The molecule has 8 aromatic rings. The van der Waals surface area contributed by atoms with E-state index in [1.54, 1.807) is 109 Å². The van der Waals surface area contributed by atoms with Crippen molar-refractivity contribution < 1.29 is 124 Å². The van der Waals surface area contributed by atoms with Crippen molar-refractivity contribution in [3.05, 3.63) is 287 Å². The summed E-state index contributed by atoms with van der Waals surface area (Å²) in [6, 6.07) is 60.5. The quantitative estimate of drug-likeness (QED) is 0.0414. The van der Waals surface area contributed by atoms with Crippen LogP contribution in [-0.4, -0.2) is 177 Å². The number of aliphatic hydroxyl groups excluding tert-OH is 1. The highest BCUT2D eigenvalue weighted by Gasteiger charge is 2.59. The van der Waals surface area contributed by atoms with Crippen molar-refractivity contribution >= 4 is 59.7 Å². The zero-order chi connectivity index (χ0) is 73.1. The minimum absolute atomic E-state index is 0.00145. The molecule has 26 heteroatoms. The zero-order valence-electron chi connectivity index (χ0n) is 55.5. The molecular formula is C78H68O26. The number of carbonyl (C=O) groups excluding carboxylic acids is 10. The molecule has 0 unspecified atom stereocenters. The van der Waals surface area contributed by atoms with Gasteiger partial charge in [-0.15, -0.1) is 0 Å². The Labute approximate surface area is 594 Å². The maximum absolute atomic E-state index is 14.7. The van der Waals surface area contributed by atoms with Gasteiger partial charge in [-0.2, -0.15) is 0 Å². The Balaban J connectivity index is 1.01. The van der Waals surface area contributed by atoms with Crippen molar-refractivity contribution in [1.29, 1.82) is 0 Å². The highest BCUT2D eigenvalue weighted by molar-refractivity contribution is 5.94. The van der Waals surface area contributed by atoms with Gasteiger partial charge in [-0.25, -0.2) is 38.4 Å². The van der Waals surface area contributed by atoms with E-state index < -0.39 is 172 Å². The summed E-state index contributed by atoms with van der Waals surface area (Å²) in [5.74, 6) is -10.3. The number of ether oxygens (including phenoxy) is 15. The molecule has 0 radical (unpaired) electrons. The lowest BCUT2D eigenvalue weighted by Crippen LogP contribution is -2.67. The van der Waals surface area contributed by atoms with Gasteiger partial charge in [0.05, 0.1) is 51.1 Å². The van der Waals surface area contributed by atoms with Gasteiger partial charge in [0.25, 0.3) is 0 Å². The van der Waals surface area contributed by atoms with E-state index in [1.165, 1.54) is 133 Å². The SMILES string of the molecule is CC(=O)O[C@@H]1[C@@H](O[C@H]2O[C@H](COC(=O)c3ccccc3)[C@@H](OC(=O)c3ccccc3)[C@H](OC(=O)c3ccccc3)[C@@H]2OC(=O)c2ccccc2)[C@H](OC(C)=O)[C@@H](CO[C@H]2O[C@H](COC(=O)c3ccccc3)[C@@H](OC(=O)c3ccccc3)[C@H](OC(=O)c3ccccc3)[C@@H]2OC(=O)c2ccccc2)O[C@@H]1O. The molecule has 1 N–H and O–H groups in total. The largest absolute Gasteiger partial charge is 0.459 e. The zero-order valence-corrected chi connectivity index (χ0v) is 55.5. The van der Waals surface area contributed by atoms with Crippen molar-refractivity contribution in [3.63, 3.8) is 0 Å². The number of carbonyl (C=O) groups is 10. The third-order valence-corrected chi connectivity index (χ3v) is 16.4. The van der Waals surface area contributed by atoms with Gasteiger partial charge in [-0.05, 0) is 97.1 Å². The van der Waals surface area contributed by atoms with Gasteiger partial charge in [0, 0.05) is 13.8 Å². The van der Waals surface area contributed by atoms with Gasteiger partial charge in [-0.1, -0.05) is 146 Å². The van der Waals surface area contributed by atoms with Crippen LogP contribution in [0.25, 0.3) is 0 Å². The monoisotopic (exact) mass is 1420 g/mol. The summed E-state index contributed by atoms with van der Waals surface area (Å²) in [7, 11) is 0. The summed E-state index contributed by atoms with van der Waals surface area (Å²) in [5, 5.41) is 12.3. The smallest absolute Gasteiger partial charge is 0.338 e. The molecule has 0 saturated carbocycles. The molecule has 3 aliphatic rings. The Morgan fingerprint density at radius 1 is 0.269 bits per heavy atom. The van der Waals surface area contributed by atoms with E-state index in [2.05, 4.69) is 0 Å². The van der Waals surface area contributed by atoms with Crippen molar-refractivity contribution in [1.82, 2.24) is 0 Å². The van der Waals surface area contributed by atoms with Gasteiger partial charge in [0.15, 0.2) is 67.7 Å². The molecule has 26 nitrogen and oxygen atoms in total. The Bertz CT molecular complexity index is 4230. The predicted octanol–water partition coefficient (Wildman–Crippen LogP) is 8.49. The van der Waals surface area contributed by atoms with Crippen LogP contribution in [-0.2, 0) is 80.6 Å². The molecule has 0 spiro atoms. The van der Waals surface area contributed by atoms with Crippen molar-refractivity contribution in [2.75, 3.05) is 19.8 Å². The Kier molecular flexibility index (Phi) is 24.9. The number of hydrogen-bond donors (Lipinski definition) is 1. The van der Waals surface area contributed by atoms with Crippen molar-refractivity contribution in [2.45, 2.75) is 106 Å². The highest BCUT2D eigenvalue weighted by atomic mass is 16.8. The molecule has 11 rings (SSSR count). The first-order valence-corrected chi connectivity index (χ1v) is 32.7. The molecule has 8 aromatic carbocycles. The fourth-order valence-corrected chi connectivity index (χ4v) is 11.5. The normalized spacial score (nSPS) is 24.1. The van der Waals surface area contributed by atoms with Crippen LogP contribution in [0.4, 0.5) is 0 Å². The van der Waals surface area contributed by atoms with Gasteiger partial charge < -0.3 is 76.2 Å². The Hall–Kier alpha value is -11.8. The van der Waals surface area contributed by atoms with Crippen LogP contribution in [0.2, 0.25) is 0 Å². The van der Waals surface area contributed by atoms with Crippen LogP contribution in [0.5, 0.6) is 0 Å². The third kappa shape index (κ3) is 18.8. The van der Waals surface area contributed by atoms with E-state index in [4.69, 9.17) is 71.1 Å².